The molecule has 0 aliphatic rings. The smallest absolute Gasteiger partial charge is 0.241 e. The Morgan fingerprint density at radius 1 is 1.39 bits per heavy atom. The molecule has 0 aliphatic heterocycles. The molecule has 1 N–H and O–H groups in total. The van der Waals surface area contributed by atoms with Crippen LogP contribution in [0.2, 0.25) is 0 Å². The third kappa shape index (κ3) is 4.08. The van der Waals surface area contributed by atoms with Gasteiger partial charge in [0.2, 0.25) is 10.0 Å². The monoisotopic (exact) mass is 334 g/mol. The van der Waals surface area contributed by atoms with Crippen molar-refractivity contribution >= 4 is 31.9 Å². The second kappa shape index (κ2) is 6.31. The number of hydrogen-bond acceptors (Lipinski definition) is 4. The van der Waals surface area contributed by atoms with Crippen molar-refractivity contribution in [2.45, 2.75) is 30.7 Å². The molecule has 0 radical (unpaired) electrons. The first-order valence-electron chi connectivity index (χ1n) is 5.35. The summed E-state index contributed by atoms with van der Waals surface area (Å²) < 4.78 is 26.7. The molecule has 0 spiro atoms. The largest absolute Gasteiger partial charge is 0.548 e. The summed E-state index contributed by atoms with van der Waals surface area (Å²) in [6, 6.07) is 4.73. The van der Waals surface area contributed by atoms with Crippen molar-refractivity contribution in [2.75, 3.05) is 0 Å². The van der Waals surface area contributed by atoms with Crippen LogP contribution in [0.4, 0.5) is 0 Å². The number of halogens is 1. The molecule has 0 heterocycles. The summed E-state index contributed by atoms with van der Waals surface area (Å²) in [7, 11) is -3.84. The number of sulfonamides is 1. The first-order chi connectivity index (χ1) is 8.36. The minimum absolute atomic E-state index is 0.0213. The third-order valence-corrected chi connectivity index (χ3v) is 4.30. The van der Waals surface area contributed by atoms with E-state index in [1.807, 2.05) is 0 Å². The van der Waals surface area contributed by atoms with Crippen LogP contribution >= 0.6 is 15.9 Å². The Labute approximate surface area is 114 Å². The molecule has 1 rings (SSSR count). The highest BCUT2D eigenvalue weighted by Gasteiger charge is 2.20. The van der Waals surface area contributed by atoms with E-state index in [9.17, 15) is 18.3 Å². The van der Waals surface area contributed by atoms with Gasteiger partial charge in [-0.05, 0) is 30.7 Å². The van der Waals surface area contributed by atoms with Gasteiger partial charge >= 0.3 is 0 Å². The van der Waals surface area contributed by atoms with E-state index in [0.29, 0.717) is 6.42 Å². The summed E-state index contributed by atoms with van der Waals surface area (Å²) in [4.78, 5) is 10.8. The summed E-state index contributed by atoms with van der Waals surface area (Å²) in [6.07, 6.45) is 0.736. The van der Waals surface area contributed by atoms with E-state index in [1.54, 1.807) is 19.1 Å². The zero-order chi connectivity index (χ0) is 13.8. The first-order valence-corrected chi connectivity index (χ1v) is 7.63. The topological polar surface area (TPSA) is 86.3 Å². The van der Waals surface area contributed by atoms with Crippen LogP contribution in [0, 0.1) is 0 Å². The average Bonchev–Trinajstić information content (AvgIpc) is 2.28. The van der Waals surface area contributed by atoms with Gasteiger partial charge in [-0.3, -0.25) is 0 Å². The molecule has 0 aromatic heterocycles. The molecule has 5 nitrogen and oxygen atoms in total. The molecule has 0 amide bonds. The van der Waals surface area contributed by atoms with Gasteiger partial charge in [0.1, 0.15) is 0 Å². The van der Waals surface area contributed by atoms with Gasteiger partial charge in [0.15, 0.2) is 0 Å². The fourth-order valence-corrected chi connectivity index (χ4v) is 2.87. The minimum Gasteiger partial charge on any atom is -0.548 e. The number of carboxylic acid groups (broad SMARTS) is 1. The molecular weight excluding hydrogens is 322 g/mol. The molecule has 0 bridgehead atoms. The van der Waals surface area contributed by atoms with Crippen molar-refractivity contribution in [1.29, 1.82) is 0 Å². The first kappa shape index (κ1) is 15.1. The van der Waals surface area contributed by atoms with Crippen LogP contribution in [0.5, 0.6) is 0 Å². The third-order valence-electron chi connectivity index (χ3n) is 2.28. The highest BCUT2D eigenvalue weighted by atomic mass is 79.9. The zero-order valence-corrected chi connectivity index (χ0v) is 12.1. The number of carbonyl (C=O) groups excluding carboxylic acids is 1. The van der Waals surface area contributed by atoms with E-state index < -0.39 is 22.0 Å². The maximum atomic E-state index is 11.9. The molecule has 7 heteroatoms. The quantitative estimate of drug-likeness (QED) is 0.827. The summed E-state index contributed by atoms with van der Waals surface area (Å²) in [5.74, 6) is -1.42. The lowest BCUT2D eigenvalue weighted by Gasteiger charge is -2.18. The van der Waals surface area contributed by atoms with Crippen molar-refractivity contribution in [1.82, 2.24) is 4.72 Å². The second-order valence-corrected chi connectivity index (χ2v) is 6.37. The number of rotatable bonds is 6. The van der Waals surface area contributed by atoms with Crippen LogP contribution < -0.4 is 9.83 Å². The summed E-state index contributed by atoms with van der Waals surface area (Å²) in [5, 5.41) is 10.8. The van der Waals surface area contributed by atoms with E-state index in [2.05, 4.69) is 20.7 Å². The van der Waals surface area contributed by atoms with E-state index in [-0.39, 0.29) is 11.3 Å². The van der Waals surface area contributed by atoms with Crippen molar-refractivity contribution in [3.8, 4) is 0 Å². The lowest BCUT2D eigenvalue weighted by Crippen LogP contribution is -2.47. The van der Waals surface area contributed by atoms with Gasteiger partial charge < -0.3 is 9.90 Å². The van der Waals surface area contributed by atoms with E-state index in [0.717, 1.165) is 4.47 Å². The van der Waals surface area contributed by atoms with Crippen molar-refractivity contribution in [3.63, 3.8) is 0 Å². The standard InChI is InChI=1S/C11H14BrNO4S/c1-2-3-10(11(14)15)13-18(16,17)9-6-4-8(12)5-7-9/h4-7,10,13H,2-3H2,1H3,(H,14,15)/p-1. The van der Waals surface area contributed by atoms with Crippen LogP contribution in [-0.4, -0.2) is 20.4 Å². The van der Waals surface area contributed by atoms with Gasteiger partial charge in [0.25, 0.3) is 0 Å². The summed E-state index contributed by atoms with van der Waals surface area (Å²) in [5.41, 5.74) is 0. The SMILES string of the molecule is CCCC(NS(=O)(=O)c1ccc(Br)cc1)C(=O)[O-]. The average molecular weight is 335 g/mol. The molecule has 18 heavy (non-hydrogen) atoms. The van der Waals surface area contributed by atoms with E-state index in [1.165, 1.54) is 12.1 Å². The normalized spacial score (nSPS) is 13.2. The highest BCUT2D eigenvalue weighted by Crippen LogP contribution is 2.15. The van der Waals surface area contributed by atoms with Gasteiger partial charge in [-0.15, -0.1) is 0 Å². The number of hydrogen-bond donors (Lipinski definition) is 1. The van der Waals surface area contributed by atoms with Crippen LogP contribution in [0.3, 0.4) is 0 Å². The molecule has 100 valence electrons. The molecule has 1 unspecified atom stereocenters. The maximum Gasteiger partial charge on any atom is 0.241 e. The van der Waals surface area contributed by atoms with Gasteiger partial charge in [-0.1, -0.05) is 29.3 Å². The Morgan fingerprint density at radius 2 is 1.94 bits per heavy atom. The van der Waals surface area contributed by atoms with E-state index >= 15 is 0 Å². The number of benzene rings is 1. The maximum absolute atomic E-state index is 11.9. The number of nitrogens with one attached hydrogen (secondary N) is 1. The number of aliphatic carboxylic acids is 1. The Balaban J connectivity index is 2.93. The molecular formula is C11H13BrNO4S-. The molecule has 0 fully saturated rings. The molecule has 1 atom stereocenters. The van der Waals surface area contributed by atoms with Crippen LogP contribution in [0.1, 0.15) is 19.8 Å². The Kier molecular flexibility index (Phi) is 5.30. The lowest BCUT2D eigenvalue weighted by molar-refractivity contribution is -0.308. The fraction of sp³-hybridized carbons (Fsp3) is 0.364. The summed E-state index contributed by atoms with van der Waals surface area (Å²) >= 11 is 3.19. The predicted molar refractivity (Wildman–Crippen MR) is 68.2 cm³/mol. The highest BCUT2D eigenvalue weighted by molar-refractivity contribution is 9.10. The van der Waals surface area contributed by atoms with Crippen molar-refractivity contribution in [3.05, 3.63) is 28.7 Å². The lowest BCUT2D eigenvalue weighted by atomic mass is 10.2. The van der Waals surface area contributed by atoms with Crippen molar-refractivity contribution < 1.29 is 18.3 Å². The van der Waals surface area contributed by atoms with Gasteiger partial charge in [0, 0.05) is 4.47 Å². The molecule has 1 aromatic carbocycles. The van der Waals surface area contributed by atoms with Gasteiger partial charge in [0.05, 0.1) is 16.9 Å². The molecule has 0 aliphatic carbocycles. The van der Waals surface area contributed by atoms with Crippen molar-refractivity contribution in [2.24, 2.45) is 0 Å². The predicted octanol–water partition coefficient (Wildman–Crippen LogP) is 0.646. The Morgan fingerprint density at radius 3 is 2.39 bits per heavy atom. The van der Waals surface area contributed by atoms with Crippen LogP contribution in [0.25, 0.3) is 0 Å². The van der Waals surface area contributed by atoms with Gasteiger partial charge in [-0.25, -0.2) is 13.1 Å². The number of carbonyl (C=O) groups is 1. The summed E-state index contributed by atoms with van der Waals surface area (Å²) in [6.45, 7) is 1.77. The van der Waals surface area contributed by atoms with Gasteiger partial charge in [-0.2, -0.15) is 0 Å². The second-order valence-electron chi connectivity index (χ2n) is 3.74. The van der Waals surface area contributed by atoms with Crippen LogP contribution in [-0.2, 0) is 14.8 Å². The number of carboxylic acids is 1. The van der Waals surface area contributed by atoms with E-state index in [4.69, 9.17) is 0 Å². The fourth-order valence-electron chi connectivity index (χ4n) is 1.38. The zero-order valence-electron chi connectivity index (χ0n) is 9.72. The Hall–Kier alpha value is -0.920. The molecule has 0 saturated carbocycles. The minimum atomic E-state index is -3.84. The Bertz CT molecular complexity index is 512. The molecule has 0 saturated heterocycles. The molecule has 1 aromatic rings. The van der Waals surface area contributed by atoms with Crippen LogP contribution in [0.15, 0.2) is 33.6 Å².